The predicted octanol–water partition coefficient (Wildman–Crippen LogP) is 3.01. The molecule has 0 atom stereocenters. The van der Waals surface area contributed by atoms with Gasteiger partial charge in [-0.15, -0.1) is 0 Å². The average Bonchev–Trinajstić information content (AvgIpc) is 2.53. The zero-order chi connectivity index (χ0) is 19.0. The molecular formula is C19H18F2N2O3. The molecule has 0 saturated heterocycles. The molecule has 1 heterocycles. The van der Waals surface area contributed by atoms with Crippen molar-refractivity contribution < 1.29 is 18.3 Å². The number of anilines is 1. The molecule has 0 radical (unpaired) electrons. The van der Waals surface area contributed by atoms with E-state index in [9.17, 15) is 18.7 Å². The van der Waals surface area contributed by atoms with Crippen LogP contribution in [0, 0.1) is 11.6 Å². The van der Waals surface area contributed by atoms with Crippen molar-refractivity contribution in [3.8, 4) is 5.75 Å². The fourth-order valence-electron chi connectivity index (χ4n) is 2.97. The molecule has 0 aliphatic carbocycles. The van der Waals surface area contributed by atoms with Gasteiger partial charge in [0.25, 0.3) is 0 Å². The number of phenols is 1. The Morgan fingerprint density at radius 1 is 1.19 bits per heavy atom. The van der Waals surface area contributed by atoms with E-state index in [1.807, 2.05) is 0 Å². The van der Waals surface area contributed by atoms with Crippen LogP contribution in [0.2, 0.25) is 0 Å². The van der Waals surface area contributed by atoms with Crippen LogP contribution >= 0.6 is 0 Å². The van der Waals surface area contributed by atoms with E-state index < -0.39 is 17.3 Å². The Morgan fingerprint density at radius 3 is 2.62 bits per heavy atom. The highest BCUT2D eigenvalue weighted by molar-refractivity contribution is 5.83. The van der Waals surface area contributed by atoms with Gasteiger partial charge in [0.05, 0.1) is 11.1 Å². The maximum absolute atomic E-state index is 14.5. The summed E-state index contributed by atoms with van der Waals surface area (Å²) in [5, 5.41) is 9.66. The molecule has 0 aliphatic heterocycles. The van der Waals surface area contributed by atoms with Crippen LogP contribution < -0.4 is 11.4 Å². The summed E-state index contributed by atoms with van der Waals surface area (Å²) in [6.07, 6.45) is -0.0847. The second-order valence-corrected chi connectivity index (χ2v) is 6.38. The molecule has 3 N–H and O–H groups in total. The lowest BCUT2D eigenvalue weighted by Gasteiger charge is -2.16. The molecule has 3 rings (SSSR count). The Kier molecular flexibility index (Phi) is 4.65. The summed E-state index contributed by atoms with van der Waals surface area (Å²) in [4.78, 5) is 14.3. The van der Waals surface area contributed by atoms with Crippen LogP contribution in [-0.2, 0) is 13.0 Å². The van der Waals surface area contributed by atoms with Gasteiger partial charge in [0.2, 0.25) is 0 Å². The number of rotatable bonds is 4. The van der Waals surface area contributed by atoms with Gasteiger partial charge in [-0.3, -0.25) is 0 Å². The maximum atomic E-state index is 14.5. The highest BCUT2D eigenvalue weighted by Crippen LogP contribution is 2.29. The first kappa shape index (κ1) is 17.9. The average molecular weight is 360 g/mol. The Hall–Kier alpha value is -2.93. The third kappa shape index (κ3) is 3.25. The predicted molar refractivity (Wildman–Crippen MR) is 95.1 cm³/mol. The van der Waals surface area contributed by atoms with Crippen molar-refractivity contribution in [2.45, 2.75) is 13.0 Å². The standard InChI is InChI=1S/C19H18F2N2O3/c1-23(2)9-13-12(6-10-4-3-5-15(22)18(10)21)19(25)26-16-8-11(24)7-14(20)17(13)16/h3-5,7-8,24H,6,9,22H2,1-2H3. The highest BCUT2D eigenvalue weighted by atomic mass is 19.1. The molecule has 5 nitrogen and oxygen atoms in total. The van der Waals surface area contributed by atoms with E-state index in [4.69, 9.17) is 10.2 Å². The first-order valence-electron chi connectivity index (χ1n) is 7.92. The molecule has 0 aliphatic rings. The summed E-state index contributed by atoms with van der Waals surface area (Å²) in [5.74, 6) is -1.67. The number of phenolic OH excluding ortho intramolecular Hbond substituents is 1. The van der Waals surface area contributed by atoms with Crippen molar-refractivity contribution in [2.24, 2.45) is 0 Å². The Labute approximate surface area is 148 Å². The van der Waals surface area contributed by atoms with Crippen LogP contribution in [0.1, 0.15) is 16.7 Å². The summed E-state index contributed by atoms with van der Waals surface area (Å²) >= 11 is 0. The Balaban J connectivity index is 2.28. The zero-order valence-electron chi connectivity index (χ0n) is 14.3. The zero-order valence-corrected chi connectivity index (χ0v) is 14.3. The van der Waals surface area contributed by atoms with E-state index in [1.54, 1.807) is 25.1 Å². The van der Waals surface area contributed by atoms with Gasteiger partial charge in [-0.05, 0) is 31.3 Å². The quantitative estimate of drug-likeness (QED) is 0.552. The summed E-state index contributed by atoms with van der Waals surface area (Å²) in [6, 6.07) is 6.66. The van der Waals surface area contributed by atoms with Crippen molar-refractivity contribution in [1.29, 1.82) is 0 Å². The molecule has 0 bridgehead atoms. The van der Waals surface area contributed by atoms with Crippen molar-refractivity contribution >= 4 is 16.7 Å². The van der Waals surface area contributed by atoms with Gasteiger partial charge in [-0.2, -0.15) is 0 Å². The van der Waals surface area contributed by atoms with E-state index in [1.165, 1.54) is 18.2 Å². The van der Waals surface area contributed by atoms with Gasteiger partial charge in [0.15, 0.2) is 0 Å². The fourth-order valence-corrected chi connectivity index (χ4v) is 2.97. The molecule has 0 amide bonds. The molecule has 7 heteroatoms. The minimum atomic E-state index is -0.713. The first-order valence-corrected chi connectivity index (χ1v) is 7.92. The lowest BCUT2D eigenvalue weighted by atomic mass is 9.97. The number of hydrogen-bond acceptors (Lipinski definition) is 5. The summed E-state index contributed by atoms with van der Waals surface area (Å²) < 4.78 is 34.0. The van der Waals surface area contributed by atoms with E-state index in [0.717, 1.165) is 6.07 Å². The van der Waals surface area contributed by atoms with Crippen LogP contribution in [0.5, 0.6) is 5.75 Å². The highest BCUT2D eigenvalue weighted by Gasteiger charge is 2.20. The molecule has 0 unspecified atom stereocenters. The molecule has 0 saturated carbocycles. The molecule has 1 aromatic heterocycles. The van der Waals surface area contributed by atoms with E-state index in [0.29, 0.717) is 5.56 Å². The topological polar surface area (TPSA) is 79.7 Å². The first-order chi connectivity index (χ1) is 12.3. The fraction of sp³-hybridized carbons (Fsp3) is 0.211. The van der Waals surface area contributed by atoms with Crippen molar-refractivity contribution in [3.05, 3.63) is 69.1 Å². The lowest BCUT2D eigenvalue weighted by Crippen LogP contribution is -2.19. The number of benzene rings is 2. The molecule has 2 aromatic carbocycles. The molecular weight excluding hydrogens is 342 g/mol. The number of nitrogens with two attached hydrogens (primary N) is 1. The van der Waals surface area contributed by atoms with Crippen LogP contribution in [0.4, 0.5) is 14.5 Å². The van der Waals surface area contributed by atoms with Gasteiger partial charge in [0, 0.05) is 30.7 Å². The molecule has 26 heavy (non-hydrogen) atoms. The van der Waals surface area contributed by atoms with Crippen LogP contribution in [0.15, 0.2) is 39.5 Å². The van der Waals surface area contributed by atoms with Crippen molar-refractivity contribution in [3.63, 3.8) is 0 Å². The minimum Gasteiger partial charge on any atom is -0.508 e. The molecule has 0 fully saturated rings. The van der Waals surface area contributed by atoms with Gasteiger partial charge in [0.1, 0.15) is 23.0 Å². The summed E-state index contributed by atoms with van der Waals surface area (Å²) in [5.41, 5.74) is 5.56. The lowest BCUT2D eigenvalue weighted by molar-refractivity contribution is 0.399. The van der Waals surface area contributed by atoms with Crippen LogP contribution in [0.3, 0.4) is 0 Å². The van der Waals surface area contributed by atoms with E-state index >= 15 is 0 Å². The minimum absolute atomic E-state index is 0.0297. The Morgan fingerprint density at radius 2 is 1.92 bits per heavy atom. The third-order valence-electron chi connectivity index (χ3n) is 4.10. The number of fused-ring (bicyclic) bond motifs is 1. The summed E-state index contributed by atoms with van der Waals surface area (Å²) in [6.45, 7) is 0.239. The van der Waals surface area contributed by atoms with Gasteiger partial charge >= 0.3 is 5.63 Å². The van der Waals surface area contributed by atoms with Gasteiger partial charge in [-0.25, -0.2) is 13.6 Å². The second kappa shape index (κ2) is 6.76. The van der Waals surface area contributed by atoms with Crippen molar-refractivity contribution in [1.82, 2.24) is 4.90 Å². The maximum Gasteiger partial charge on any atom is 0.340 e. The SMILES string of the molecule is CN(C)Cc1c(Cc2cccc(N)c2F)c(=O)oc2cc(O)cc(F)c12. The molecule has 0 spiro atoms. The normalized spacial score (nSPS) is 11.4. The smallest absolute Gasteiger partial charge is 0.340 e. The van der Waals surface area contributed by atoms with Crippen molar-refractivity contribution in [2.75, 3.05) is 19.8 Å². The monoisotopic (exact) mass is 360 g/mol. The number of halogens is 2. The Bertz CT molecular complexity index is 1050. The van der Waals surface area contributed by atoms with Gasteiger partial charge in [-0.1, -0.05) is 12.1 Å². The van der Waals surface area contributed by atoms with Crippen LogP contribution in [0.25, 0.3) is 11.0 Å². The number of aromatic hydroxyl groups is 1. The number of nitrogen functional groups attached to an aromatic ring is 1. The second-order valence-electron chi connectivity index (χ2n) is 6.38. The van der Waals surface area contributed by atoms with E-state index in [-0.39, 0.29) is 46.5 Å². The number of hydrogen-bond donors (Lipinski definition) is 2. The molecule has 136 valence electrons. The summed E-state index contributed by atoms with van der Waals surface area (Å²) in [7, 11) is 3.53. The molecule has 3 aromatic rings. The third-order valence-corrected chi connectivity index (χ3v) is 4.10. The van der Waals surface area contributed by atoms with Gasteiger partial charge < -0.3 is 20.2 Å². The number of nitrogens with zero attached hydrogens (tertiary/aromatic N) is 1. The largest absolute Gasteiger partial charge is 0.508 e. The van der Waals surface area contributed by atoms with Crippen LogP contribution in [-0.4, -0.2) is 24.1 Å². The van der Waals surface area contributed by atoms with E-state index in [2.05, 4.69) is 0 Å².